The molecule has 2 unspecified atom stereocenters. The summed E-state index contributed by atoms with van der Waals surface area (Å²) in [7, 11) is 2.28. The fourth-order valence-corrected chi connectivity index (χ4v) is 4.23. The average molecular weight is 272 g/mol. The number of hydrogen-bond donors (Lipinski definition) is 1. The molecule has 2 saturated heterocycles. The third kappa shape index (κ3) is 3.07. The SMILES string of the molecule is CN1CCCC2(CCNCC2Cc2ccccc2)CC1. The molecule has 0 aliphatic carbocycles. The first kappa shape index (κ1) is 14.1. The van der Waals surface area contributed by atoms with Gasteiger partial charge in [0.05, 0.1) is 0 Å². The molecule has 2 heterocycles. The molecule has 3 rings (SSSR count). The maximum absolute atomic E-state index is 3.64. The molecule has 1 N–H and O–H groups in total. The molecule has 2 nitrogen and oxygen atoms in total. The van der Waals surface area contributed by atoms with Crippen molar-refractivity contribution in [1.82, 2.24) is 10.2 Å². The molecule has 2 fully saturated rings. The second kappa shape index (κ2) is 6.28. The molecule has 0 aromatic heterocycles. The zero-order valence-corrected chi connectivity index (χ0v) is 12.8. The van der Waals surface area contributed by atoms with E-state index in [0.29, 0.717) is 5.41 Å². The highest BCUT2D eigenvalue weighted by Crippen LogP contribution is 2.44. The first-order valence-corrected chi connectivity index (χ1v) is 8.22. The largest absolute Gasteiger partial charge is 0.316 e. The van der Waals surface area contributed by atoms with E-state index < -0.39 is 0 Å². The molecule has 110 valence electrons. The first-order valence-electron chi connectivity index (χ1n) is 8.22. The van der Waals surface area contributed by atoms with Crippen LogP contribution >= 0.6 is 0 Å². The van der Waals surface area contributed by atoms with Crippen molar-refractivity contribution in [3.8, 4) is 0 Å². The van der Waals surface area contributed by atoms with E-state index in [1.165, 1.54) is 63.8 Å². The van der Waals surface area contributed by atoms with Gasteiger partial charge in [0, 0.05) is 0 Å². The van der Waals surface area contributed by atoms with Gasteiger partial charge in [-0.25, -0.2) is 0 Å². The van der Waals surface area contributed by atoms with Gasteiger partial charge in [0.15, 0.2) is 0 Å². The highest BCUT2D eigenvalue weighted by Gasteiger charge is 2.40. The van der Waals surface area contributed by atoms with Crippen LogP contribution in [0.25, 0.3) is 0 Å². The number of benzene rings is 1. The molecule has 0 saturated carbocycles. The molecule has 0 radical (unpaired) electrons. The van der Waals surface area contributed by atoms with Crippen molar-refractivity contribution in [2.45, 2.75) is 32.1 Å². The van der Waals surface area contributed by atoms with Crippen LogP contribution < -0.4 is 5.32 Å². The van der Waals surface area contributed by atoms with Crippen LogP contribution in [-0.2, 0) is 6.42 Å². The number of rotatable bonds is 2. The first-order chi connectivity index (χ1) is 9.78. The predicted molar refractivity (Wildman–Crippen MR) is 84.9 cm³/mol. The van der Waals surface area contributed by atoms with Crippen molar-refractivity contribution in [2.75, 3.05) is 33.2 Å². The minimum atomic E-state index is 0.589. The molecule has 2 heteroatoms. The third-order valence-electron chi connectivity index (χ3n) is 5.59. The van der Waals surface area contributed by atoms with Gasteiger partial charge in [-0.1, -0.05) is 30.3 Å². The van der Waals surface area contributed by atoms with E-state index >= 15 is 0 Å². The Labute approximate surface area is 123 Å². The summed E-state index contributed by atoms with van der Waals surface area (Å²) in [5.41, 5.74) is 2.10. The summed E-state index contributed by atoms with van der Waals surface area (Å²) in [6.45, 7) is 4.99. The van der Waals surface area contributed by atoms with Gasteiger partial charge in [-0.2, -0.15) is 0 Å². The minimum Gasteiger partial charge on any atom is -0.316 e. The monoisotopic (exact) mass is 272 g/mol. The molecule has 2 aliphatic heterocycles. The van der Waals surface area contributed by atoms with E-state index in [9.17, 15) is 0 Å². The Kier molecular flexibility index (Phi) is 4.42. The van der Waals surface area contributed by atoms with Crippen LogP contribution in [0.4, 0.5) is 0 Å². The quantitative estimate of drug-likeness (QED) is 0.890. The number of piperidine rings is 1. The van der Waals surface area contributed by atoms with Crippen molar-refractivity contribution in [3.63, 3.8) is 0 Å². The van der Waals surface area contributed by atoms with Gasteiger partial charge in [-0.3, -0.25) is 0 Å². The molecule has 2 atom stereocenters. The second-order valence-corrected chi connectivity index (χ2v) is 6.86. The highest BCUT2D eigenvalue weighted by molar-refractivity contribution is 5.16. The lowest BCUT2D eigenvalue weighted by Gasteiger charge is -2.44. The summed E-state index contributed by atoms with van der Waals surface area (Å²) in [5.74, 6) is 0.810. The maximum Gasteiger partial charge on any atom is -0.00120 e. The van der Waals surface area contributed by atoms with Crippen molar-refractivity contribution >= 4 is 0 Å². The van der Waals surface area contributed by atoms with Gasteiger partial charge in [-0.05, 0) is 82.2 Å². The van der Waals surface area contributed by atoms with Crippen molar-refractivity contribution < 1.29 is 0 Å². The van der Waals surface area contributed by atoms with Crippen LogP contribution in [-0.4, -0.2) is 38.1 Å². The Balaban J connectivity index is 1.76. The van der Waals surface area contributed by atoms with Gasteiger partial charge >= 0.3 is 0 Å². The topological polar surface area (TPSA) is 15.3 Å². The summed E-state index contributed by atoms with van der Waals surface area (Å²) in [6.07, 6.45) is 6.82. The van der Waals surface area contributed by atoms with E-state index in [2.05, 4.69) is 47.6 Å². The smallest absolute Gasteiger partial charge is 0.00120 e. The van der Waals surface area contributed by atoms with Crippen LogP contribution in [0.5, 0.6) is 0 Å². The van der Waals surface area contributed by atoms with Gasteiger partial charge < -0.3 is 10.2 Å². The zero-order valence-electron chi connectivity index (χ0n) is 12.8. The summed E-state index contributed by atoms with van der Waals surface area (Å²) < 4.78 is 0. The van der Waals surface area contributed by atoms with Gasteiger partial charge in [0.1, 0.15) is 0 Å². The van der Waals surface area contributed by atoms with E-state index in [-0.39, 0.29) is 0 Å². The maximum atomic E-state index is 3.64. The number of nitrogens with zero attached hydrogens (tertiary/aromatic N) is 1. The minimum absolute atomic E-state index is 0.589. The van der Waals surface area contributed by atoms with Crippen molar-refractivity contribution in [3.05, 3.63) is 35.9 Å². The number of likely N-dealkylation sites (tertiary alicyclic amines) is 1. The van der Waals surface area contributed by atoms with E-state index in [0.717, 1.165) is 5.92 Å². The Morgan fingerprint density at radius 3 is 2.85 bits per heavy atom. The molecule has 0 bridgehead atoms. The van der Waals surface area contributed by atoms with Gasteiger partial charge in [0.25, 0.3) is 0 Å². The van der Waals surface area contributed by atoms with Gasteiger partial charge in [-0.15, -0.1) is 0 Å². The normalized spacial score (nSPS) is 32.1. The van der Waals surface area contributed by atoms with Crippen LogP contribution in [0.15, 0.2) is 30.3 Å². The summed E-state index contributed by atoms with van der Waals surface area (Å²) in [4.78, 5) is 2.52. The summed E-state index contributed by atoms with van der Waals surface area (Å²) >= 11 is 0. The van der Waals surface area contributed by atoms with E-state index in [1.54, 1.807) is 0 Å². The predicted octanol–water partition coefficient (Wildman–Crippen LogP) is 2.94. The van der Waals surface area contributed by atoms with Gasteiger partial charge in [0.2, 0.25) is 0 Å². The molecular weight excluding hydrogens is 244 g/mol. The Bertz CT molecular complexity index is 417. The molecular formula is C18H28N2. The molecule has 2 aliphatic rings. The number of nitrogens with one attached hydrogen (secondary N) is 1. The van der Waals surface area contributed by atoms with Crippen molar-refractivity contribution in [1.29, 1.82) is 0 Å². The average Bonchev–Trinajstić information content (AvgIpc) is 2.66. The second-order valence-electron chi connectivity index (χ2n) is 6.86. The van der Waals surface area contributed by atoms with Crippen LogP contribution in [0.3, 0.4) is 0 Å². The number of hydrogen-bond acceptors (Lipinski definition) is 2. The van der Waals surface area contributed by atoms with Crippen LogP contribution in [0.2, 0.25) is 0 Å². The van der Waals surface area contributed by atoms with E-state index in [1.807, 2.05) is 0 Å². The Morgan fingerprint density at radius 1 is 1.15 bits per heavy atom. The van der Waals surface area contributed by atoms with E-state index in [4.69, 9.17) is 0 Å². The lowest BCUT2D eigenvalue weighted by molar-refractivity contribution is 0.0870. The summed E-state index contributed by atoms with van der Waals surface area (Å²) in [6, 6.07) is 11.1. The summed E-state index contributed by atoms with van der Waals surface area (Å²) in [5, 5.41) is 3.64. The van der Waals surface area contributed by atoms with Crippen LogP contribution in [0.1, 0.15) is 31.2 Å². The Hall–Kier alpha value is -0.860. The molecule has 0 amide bonds. The molecule has 20 heavy (non-hydrogen) atoms. The Morgan fingerprint density at radius 2 is 2.00 bits per heavy atom. The lowest BCUT2D eigenvalue weighted by atomic mass is 9.64. The standard InChI is InChI=1S/C18H28N2/c1-20-12-5-8-18(10-13-20)9-11-19-15-17(18)14-16-6-3-2-4-7-16/h2-4,6-7,17,19H,5,8-15H2,1H3. The zero-order chi connectivity index (χ0) is 13.8. The molecule has 1 spiro atoms. The fourth-order valence-electron chi connectivity index (χ4n) is 4.23. The lowest BCUT2D eigenvalue weighted by Crippen LogP contribution is -2.46. The molecule has 1 aromatic rings. The fraction of sp³-hybridized carbons (Fsp3) is 0.667. The van der Waals surface area contributed by atoms with Crippen molar-refractivity contribution in [2.24, 2.45) is 11.3 Å². The van der Waals surface area contributed by atoms with Crippen LogP contribution in [0, 0.1) is 11.3 Å². The molecule has 1 aromatic carbocycles. The third-order valence-corrected chi connectivity index (χ3v) is 5.59. The highest BCUT2D eigenvalue weighted by atomic mass is 15.1.